The third-order valence-electron chi connectivity index (χ3n) is 4.15. The van der Waals surface area contributed by atoms with Gasteiger partial charge in [-0.1, -0.05) is 43.7 Å². The average Bonchev–Trinajstić information content (AvgIpc) is 2.58. The van der Waals surface area contributed by atoms with Crippen molar-refractivity contribution in [3.05, 3.63) is 59.7 Å². The van der Waals surface area contributed by atoms with Gasteiger partial charge in [0.2, 0.25) is 0 Å². The fourth-order valence-corrected chi connectivity index (χ4v) is 4.84. The Hall–Kier alpha value is -1.81. The van der Waals surface area contributed by atoms with Crippen LogP contribution < -0.4 is 5.32 Å². The molecule has 1 heterocycles. The number of benzene rings is 2. The van der Waals surface area contributed by atoms with Gasteiger partial charge >= 0.3 is 7.60 Å². The van der Waals surface area contributed by atoms with E-state index in [0.717, 1.165) is 16.8 Å². The normalized spacial score (nSPS) is 20.0. The summed E-state index contributed by atoms with van der Waals surface area (Å²) in [6.07, 6.45) is 0. The zero-order valence-corrected chi connectivity index (χ0v) is 15.6. The van der Waals surface area contributed by atoms with E-state index in [9.17, 15) is 9.67 Å². The summed E-state index contributed by atoms with van der Waals surface area (Å²) in [4.78, 5) is 0. The van der Waals surface area contributed by atoms with Gasteiger partial charge in [-0.25, -0.2) is 0 Å². The molecule has 0 bridgehead atoms. The molecule has 1 saturated heterocycles. The molecule has 3 rings (SSSR count). The van der Waals surface area contributed by atoms with Crippen molar-refractivity contribution in [3.63, 3.8) is 0 Å². The minimum atomic E-state index is -3.41. The predicted octanol–water partition coefficient (Wildman–Crippen LogP) is 5.08. The molecule has 1 fully saturated rings. The first-order chi connectivity index (χ1) is 11.8. The number of hydrogen-bond donors (Lipinski definition) is 2. The van der Waals surface area contributed by atoms with Crippen LogP contribution in [0.3, 0.4) is 0 Å². The molecule has 0 radical (unpaired) electrons. The maximum atomic E-state index is 13.4. The van der Waals surface area contributed by atoms with Crippen LogP contribution in [0.15, 0.2) is 48.5 Å². The van der Waals surface area contributed by atoms with E-state index < -0.39 is 13.4 Å². The Bertz CT molecular complexity index is 757. The third-order valence-corrected chi connectivity index (χ3v) is 6.19. The molecule has 1 atom stereocenters. The SMILES string of the molecule is Cc1ccc(N[C@H](c2ccc(O)cc2)P2(=O)OCC(C)(C)CO2)cc1. The van der Waals surface area contributed by atoms with Crippen molar-refractivity contribution in [2.24, 2.45) is 5.41 Å². The van der Waals surface area contributed by atoms with Crippen molar-refractivity contribution < 1.29 is 18.7 Å². The lowest BCUT2D eigenvalue weighted by Crippen LogP contribution is -2.31. The molecule has 0 aromatic heterocycles. The number of rotatable bonds is 4. The third kappa shape index (κ3) is 4.24. The average molecular weight is 361 g/mol. The van der Waals surface area contributed by atoms with Gasteiger partial charge in [0, 0.05) is 11.1 Å². The minimum Gasteiger partial charge on any atom is -0.508 e. The Morgan fingerprint density at radius 2 is 1.60 bits per heavy atom. The molecule has 5 nitrogen and oxygen atoms in total. The van der Waals surface area contributed by atoms with Crippen LogP contribution >= 0.6 is 7.60 Å². The fourth-order valence-electron chi connectivity index (χ4n) is 2.57. The molecule has 2 aromatic rings. The largest absolute Gasteiger partial charge is 0.508 e. The summed E-state index contributed by atoms with van der Waals surface area (Å²) in [5.74, 6) is -0.491. The van der Waals surface area contributed by atoms with Gasteiger partial charge in [0.15, 0.2) is 5.78 Å². The molecule has 25 heavy (non-hydrogen) atoms. The van der Waals surface area contributed by atoms with Crippen LogP contribution in [-0.2, 0) is 13.6 Å². The summed E-state index contributed by atoms with van der Waals surface area (Å²) in [7, 11) is -3.41. The van der Waals surface area contributed by atoms with Crippen LogP contribution in [0.4, 0.5) is 5.69 Å². The van der Waals surface area contributed by atoms with E-state index in [0.29, 0.717) is 13.2 Å². The van der Waals surface area contributed by atoms with Crippen LogP contribution in [0.2, 0.25) is 0 Å². The lowest BCUT2D eigenvalue weighted by atomic mass is 9.97. The molecule has 0 amide bonds. The van der Waals surface area contributed by atoms with Crippen LogP contribution in [0.25, 0.3) is 0 Å². The summed E-state index contributed by atoms with van der Waals surface area (Å²) in [6.45, 7) is 6.78. The van der Waals surface area contributed by atoms with Crippen molar-refractivity contribution in [2.75, 3.05) is 18.5 Å². The first kappa shape index (κ1) is 18.0. The Morgan fingerprint density at radius 1 is 1.04 bits per heavy atom. The Balaban J connectivity index is 1.92. The van der Waals surface area contributed by atoms with Crippen LogP contribution in [0.5, 0.6) is 5.75 Å². The number of hydrogen-bond acceptors (Lipinski definition) is 5. The van der Waals surface area contributed by atoms with Crippen molar-refractivity contribution in [1.29, 1.82) is 0 Å². The lowest BCUT2D eigenvalue weighted by molar-refractivity contribution is 0.0387. The van der Waals surface area contributed by atoms with E-state index >= 15 is 0 Å². The number of nitrogens with one attached hydrogen (secondary N) is 1. The number of aryl methyl sites for hydroxylation is 1. The molecule has 0 aliphatic carbocycles. The predicted molar refractivity (Wildman–Crippen MR) is 98.9 cm³/mol. The summed E-state index contributed by atoms with van der Waals surface area (Å²) < 4.78 is 24.9. The Kier molecular flexibility index (Phi) is 4.92. The van der Waals surface area contributed by atoms with E-state index in [4.69, 9.17) is 9.05 Å². The number of phenolic OH excluding ortho intramolecular Hbond substituents is 1. The van der Waals surface area contributed by atoms with Crippen molar-refractivity contribution >= 4 is 13.3 Å². The van der Waals surface area contributed by atoms with Crippen molar-refractivity contribution in [1.82, 2.24) is 0 Å². The molecule has 0 unspecified atom stereocenters. The molecule has 1 aliphatic rings. The topological polar surface area (TPSA) is 67.8 Å². The van der Waals surface area contributed by atoms with Gasteiger partial charge in [0.05, 0.1) is 13.2 Å². The highest BCUT2D eigenvalue weighted by atomic mass is 31.2. The zero-order chi connectivity index (χ0) is 18.1. The standard InChI is InChI=1S/C19H24NO4P/c1-14-4-8-16(9-5-14)20-18(15-6-10-17(21)11-7-15)25(22)23-12-19(2,3)13-24-25/h4-11,18,20-21H,12-13H2,1-3H3/t18-/m0/s1. The highest BCUT2D eigenvalue weighted by Crippen LogP contribution is 2.64. The highest BCUT2D eigenvalue weighted by molar-refractivity contribution is 7.54. The van der Waals surface area contributed by atoms with Crippen LogP contribution in [-0.4, -0.2) is 18.3 Å². The van der Waals surface area contributed by atoms with E-state index in [1.54, 1.807) is 24.3 Å². The monoisotopic (exact) mass is 361 g/mol. The summed E-state index contributed by atoms with van der Waals surface area (Å²) in [5, 5.41) is 12.8. The summed E-state index contributed by atoms with van der Waals surface area (Å²) in [6, 6.07) is 14.4. The second-order valence-corrected chi connectivity index (χ2v) is 9.37. The van der Waals surface area contributed by atoms with Crippen LogP contribution in [0, 0.1) is 12.3 Å². The molecule has 0 spiro atoms. The number of aromatic hydroxyl groups is 1. The van der Waals surface area contributed by atoms with Crippen molar-refractivity contribution in [2.45, 2.75) is 26.6 Å². The second kappa shape index (κ2) is 6.83. The highest BCUT2D eigenvalue weighted by Gasteiger charge is 2.43. The summed E-state index contributed by atoms with van der Waals surface area (Å²) in [5.41, 5.74) is 2.54. The van der Waals surface area contributed by atoms with Gasteiger partial charge in [0.25, 0.3) is 0 Å². The number of phenols is 1. The van der Waals surface area contributed by atoms with E-state index in [1.807, 2.05) is 45.0 Å². The quantitative estimate of drug-likeness (QED) is 0.744. The lowest BCUT2D eigenvalue weighted by Gasteiger charge is -2.38. The maximum absolute atomic E-state index is 13.4. The van der Waals surface area contributed by atoms with E-state index in [1.165, 1.54) is 0 Å². The van der Waals surface area contributed by atoms with Gasteiger partial charge in [0.1, 0.15) is 5.75 Å². The van der Waals surface area contributed by atoms with Crippen molar-refractivity contribution in [3.8, 4) is 5.75 Å². The molecular weight excluding hydrogens is 337 g/mol. The molecular formula is C19H24NO4P. The van der Waals surface area contributed by atoms with Gasteiger partial charge in [-0.15, -0.1) is 0 Å². The van der Waals surface area contributed by atoms with E-state index in [-0.39, 0.29) is 11.2 Å². The van der Waals surface area contributed by atoms with Gasteiger partial charge in [-0.05, 0) is 36.8 Å². The van der Waals surface area contributed by atoms with Crippen LogP contribution in [0.1, 0.15) is 30.8 Å². The fraction of sp³-hybridized carbons (Fsp3) is 0.368. The Morgan fingerprint density at radius 3 is 2.16 bits per heavy atom. The second-order valence-electron chi connectivity index (χ2n) is 7.26. The van der Waals surface area contributed by atoms with Gasteiger partial charge in [-0.3, -0.25) is 4.57 Å². The molecule has 1 aliphatic heterocycles. The smallest absolute Gasteiger partial charge is 0.357 e. The Labute approximate surface area is 148 Å². The molecule has 2 aromatic carbocycles. The van der Waals surface area contributed by atoms with Gasteiger partial charge in [-0.2, -0.15) is 0 Å². The molecule has 2 N–H and O–H groups in total. The zero-order valence-electron chi connectivity index (χ0n) is 14.7. The first-order valence-corrected chi connectivity index (χ1v) is 9.90. The number of anilines is 1. The molecule has 0 saturated carbocycles. The van der Waals surface area contributed by atoms with Gasteiger partial charge < -0.3 is 19.5 Å². The van der Waals surface area contributed by atoms with E-state index in [2.05, 4.69) is 5.32 Å². The molecule has 6 heteroatoms. The first-order valence-electron chi connectivity index (χ1n) is 8.28. The molecule has 134 valence electrons. The minimum absolute atomic E-state index is 0.155. The maximum Gasteiger partial charge on any atom is 0.357 e. The summed E-state index contributed by atoms with van der Waals surface area (Å²) >= 11 is 0.